The van der Waals surface area contributed by atoms with Gasteiger partial charge in [0.05, 0.1) is 12.0 Å². The molecule has 0 heterocycles. The Balaban J connectivity index is 1.96. The highest BCUT2D eigenvalue weighted by Gasteiger charge is 2.34. The number of aliphatic hydroxyl groups is 1. The monoisotopic (exact) mass is 290 g/mol. The van der Waals surface area contributed by atoms with Gasteiger partial charge in [-0.3, -0.25) is 9.69 Å². The number of carbonyl (C=O) groups excluding carboxylic acids is 1. The molecule has 0 radical (unpaired) electrons. The first-order chi connectivity index (χ1) is 10.0. The second-order valence-corrected chi connectivity index (χ2v) is 6.48. The minimum atomic E-state index is -0.486. The molecule has 21 heavy (non-hydrogen) atoms. The van der Waals surface area contributed by atoms with Crippen molar-refractivity contribution in [1.29, 1.82) is 0 Å². The lowest BCUT2D eigenvalue weighted by Gasteiger charge is -2.41. The summed E-state index contributed by atoms with van der Waals surface area (Å²) in [5.74, 6) is 0.0240. The van der Waals surface area contributed by atoms with Crippen LogP contribution in [-0.4, -0.2) is 41.7 Å². The first-order valence-corrected chi connectivity index (χ1v) is 7.74. The Kier molecular flexibility index (Phi) is 5.37. The van der Waals surface area contributed by atoms with Crippen molar-refractivity contribution >= 4 is 11.6 Å². The fourth-order valence-corrected chi connectivity index (χ4v) is 2.67. The fourth-order valence-electron chi connectivity index (χ4n) is 2.67. The lowest BCUT2D eigenvalue weighted by molar-refractivity contribution is -0.125. The van der Waals surface area contributed by atoms with E-state index >= 15 is 0 Å². The van der Waals surface area contributed by atoms with Crippen LogP contribution in [0.25, 0.3) is 0 Å². The summed E-state index contributed by atoms with van der Waals surface area (Å²) >= 11 is 0. The maximum Gasteiger partial charge on any atom is 0.231 e. The van der Waals surface area contributed by atoms with Gasteiger partial charge in [-0.25, -0.2) is 0 Å². The summed E-state index contributed by atoms with van der Waals surface area (Å²) in [7, 11) is 0. The third-order valence-corrected chi connectivity index (χ3v) is 4.22. The van der Waals surface area contributed by atoms with Crippen LogP contribution in [0.2, 0.25) is 0 Å². The maximum absolute atomic E-state index is 12.5. The van der Waals surface area contributed by atoms with Crippen molar-refractivity contribution in [3.8, 4) is 0 Å². The van der Waals surface area contributed by atoms with Gasteiger partial charge >= 0.3 is 0 Å². The molecule has 0 bridgehead atoms. The van der Waals surface area contributed by atoms with Crippen LogP contribution in [0.3, 0.4) is 0 Å². The molecule has 1 aromatic carbocycles. The van der Waals surface area contributed by atoms with Gasteiger partial charge in [-0.2, -0.15) is 0 Å². The summed E-state index contributed by atoms with van der Waals surface area (Å²) in [6.07, 6.45) is 3.61. The largest absolute Gasteiger partial charge is 0.395 e. The maximum atomic E-state index is 12.5. The van der Waals surface area contributed by atoms with E-state index in [0.717, 1.165) is 5.69 Å². The van der Waals surface area contributed by atoms with Gasteiger partial charge in [0.2, 0.25) is 5.91 Å². The quantitative estimate of drug-likeness (QED) is 0.811. The zero-order valence-electron chi connectivity index (χ0n) is 13.0. The number of amides is 1. The minimum absolute atomic E-state index is 0.0240. The second kappa shape index (κ2) is 7.05. The van der Waals surface area contributed by atoms with Crippen LogP contribution in [0.15, 0.2) is 30.3 Å². The molecule has 0 saturated heterocycles. The van der Waals surface area contributed by atoms with Crippen LogP contribution < -0.4 is 5.32 Å². The van der Waals surface area contributed by atoms with Gasteiger partial charge in [-0.05, 0) is 38.8 Å². The van der Waals surface area contributed by atoms with E-state index < -0.39 is 5.41 Å². The summed E-state index contributed by atoms with van der Waals surface area (Å²) < 4.78 is 0. The smallest absolute Gasteiger partial charge is 0.231 e. The lowest BCUT2D eigenvalue weighted by atomic mass is 9.86. The standard InChI is InChI=1S/C17H26N2O2/c1-17(2,13-19(11-12-20)15-9-6-10-15)16(21)18-14-7-4-3-5-8-14/h3-5,7-8,15,20H,6,9-13H2,1-2H3,(H,18,21). The van der Waals surface area contributed by atoms with E-state index in [1.807, 2.05) is 44.2 Å². The third-order valence-electron chi connectivity index (χ3n) is 4.22. The van der Waals surface area contributed by atoms with Gasteiger partial charge in [0.15, 0.2) is 0 Å². The van der Waals surface area contributed by atoms with Crippen LogP contribution in [0.1, 0.15) is 33.1 Å². The summed E-state index contributed by atoms with van der Waals surface area (Å²) in [6, 6.07) is 10.1. The van der Waals surface area contributed by atoms with Crippen molar-refractivity contribution in [2.75, 3.05) is 25.0 Å². The molecule has 0 aromatic heterocycles. The van der Waals surface area contributed by atoms with Crippen molar-refractivity contribution in [2.45, 2.75) is 39.2 Å². The third kappa shape index (κ3) is 4.29. The van der Waals surface area contributed by atoms with E-state index in [-0.39, 0.29) is 12.5 Å². The molecule has 2 N–H and O–H groups in total. The number of nitrogens with zero attached hydrogens (tertiary/aromatic N) is 1. The van der Waals surface area contributed by atoms with Crippen LogP contribution in [0, 0.1) is 5.41 Å². The zero-order chi connectivity index (χ0) is 15.3. The van der Waals surface area contributed by atoms with E-state index in [1.165, 1.54) is 19.3 Å². The van der Waals surface area contributed by atoms with E-state index in [2.05, 4.69) is 10.2 Å². The molecule has 2 rings (SSSR count). The molecule has 1 fully saturated rings. The number of carbonyl (C=O) groups is 1. The molecule has 1 amide bonds. The van der Waals surface area contributed by atoms with Gasteiger partial charge in [-0.15, -0.1) is 0 Å². The number of hydrogen-bond donors (Lipinski definition) is 2. The lowest BCUT2D eigenvalue weighted by Crippen LogP contribution is -2.49. The molecular weight excluding hydrogens is 264 g/mol. The topological polar surface area (TPSA) is 52.6 Å². The normalized spacial score (nSPS) is 15.8. The summed E-state index contributed by atoms with van der Waals surface area (Å²) in [5, 5.41) is 12.2. The van der Waals surface area contributed by atoms with Gasteiger partial charge in [0, 0.05) is 24.8 Å². The molecule has 1 aliphatic carbocycles. The van der Waals surface area contributed by atoms with Crippen LogP contribution in [0.5, 0.6) is 0 Å². The summed E-state index contributed by atoms with van der Waals surface area (Å²) in [6.45, 7) is 5.40. The molecule has 0 unspecified atom stereocenters. The Morgan fingerprint density at radius 2 is 2.00 bits per heavy atom. The Labute approximate surface area is 127 Å². The van der Waals surface area contributed by atoms with E-state index in [1.54, 1.807) is 0 Å². The average molecular weight is 290 g/mol. The molecule has 0 atom stereocenters. The summed E-state index contributed by atoms with van der Waals surface area (Å²) in [5.41, 5.74) is 0.341. The first kappa shape index (κ1) is 16.0. The predicted octanol–water partition coefficient (Wildman–Crippen LogP) is 2.50. The predicted molar refractivity (Wildman–Crippen MR) is 85.2 cm³/mol. The molecule has 0 aliphatic heterocycles. The molecule has 0 spiro atoms. The summed E-state index contributed by atoms with van der Waals surface area (Å²) in [4.78, 5) is 14.8. The Morgan fingerprint density at radius 1 is 1.33 bits per heavy atom. The van der Waals surface area contributed by atoms with Gasteiger partial charge < -0.3 is 10.4 Å². The number of para-hydroxylation sites is 1. The molecule has 4 heteroatoms. The highest BCUT2D eigenvalue weighted by molar-refractivity contribution is 5.94. The highest BCUT2D eigenvalue weighted by atomic mass is 16.3. The van der Waals surface area contributed by atoms with Crippen molar-refractivity contribution in [3.05, 3.63) is 30.3 Å². The second-order valence-electron chi connectivity index (χ2n) is 6.48. The number of nitrogens with one attached hydrogen (secondary N) is 1. The Morgan fingerprint density at radius 3 is 2.52 bits per heavy atom. The van der Waals surface area contributed by atoms with Gasteiger partial charge in [0.25, 0.3) is 0 Å². The molecule has 116 valence electrons. The molecule has 4 nitrogen and oxygen atoms in total. The van der Waals surface area contributed by atoms with E-state index in [9.17, 15) is 9.90 Å². The number of rotatable bonds is 7. The van der Waals surface area contributed by atoms with E-state index in [0.29, 0.717) is 19.1 Å². The molecule has 1 saturated carbocycles. The van der Waals surface area contributed by atoms with Crippen molar-refractivity contribution in [1.82, 2.24) is 4.90 Å². The molecule has 1 aliphatic rings. The van der Waals surface area contributed by atoms with Crippen LogP contribution >= 0.6 is 0 Å². The minimum Gasteiger partial charge on any atom is -0.395 e. The zero-order valence-corrected chi connectivity index (χ0v) is 13.0. The molecular formula is C17H26N2O2. The average Bonchev–Trinajstić information content (AvgIpc) is 2.37. The number of benzene rings is 1. The molecule has 1 aromatic rings. The van der Waals surface area contributed by atoms with Gasteiger partial charge in [-0.1, -0.05) is 24.6 Å². The van der Waals surface area contributed by atoms with Gasteiger partial charge in [0.1, 0.15) is 0 Å². The first-order valence-electron chi connectivity index (χ1n) is 7.74. The van der Waals surface area contributed by atoms with Crippen LogP contribution in [-0.2, 0) is 4.79 Å². The van der Waals surface area contributed by atoms with Crippen molar-refractivity contribution in [2.24, 2.45) is 5.41 Å². The number of anilines is 1. The fraction of sp³-hybridized carbons (Fsp3) is 0.588. The SMILES string of the molecule is CC(C)(CN(CCO)C1CCC1)C(=O)Nc1ccccc1. The Bertz CT molecular complexity index is 455. The van der Waals surface area contributed by atoms with Crippen molar-refractivity contribution < 1.29 is 9.90 Å². The highest BCUT2D eigenvalue weighted by Crippen LogP contribution is 2.28. The van der Waals surface area contributed by atoms with Crippen molar-refractivity contribution in [3.63, 3.8) is 0 Å². The van der Waals surface area contributed by atoms with E-state index in [4.69, 9.17) is 0 Å². The Hall–Kier alpha value is -1.39. The number of hydrogen-bond acceptors (Lipinski definition) is 3. The van der Waals surface area contributed by atoms with Crippen LogP contribution in [0.4, 0.5) is 5.69 Å². The number of aliphatic hydroxyl groups excluding tert-OH is 1.